The molecule has 0 radical (unpaired) electrons. The molecule has 8 nitrogen and oxygen atoms in total. The summed E-state index contributed by atoms with van der Waals surface area (Å²) < 4.78 is 13.1. The summed E-state index contributed by atoms with van der Waals surface area (Å²) in [4.78, 5) is 29.3. The molecule has 6 rings (SSSR count). The van der Waals surface area contributed by atoms with E-state index in [1.54, 1.807) is 11.7 Å². The Labute approximate surface area is 259 Å². The summed E-state index contributed by atoms with van der Waals surface area (Å²) in [6, 6.07) is 24.2. The van der Waals surface area contributed by atoms with Gasteiger partial charge in [0.1, 0.15) is 18.1 Å². The van der Waals surface area contributed by atoms with Crippen molar-refractivity contribution in [2.24, 2.45) is 7.05 Å². The quantitative estimate of drug-likeness (QED) is 0.239. The standard InChI is InChI=1S/C36H40N4O4/c1-23-10-13-30(40-20-28-11-12-29(21-40)38-28)19-33(23)35(41)37-24(2)26-16-27(18-31(17-26)43-4)32-14-15-39(3)34(32)36(42)44-22-25-8-6-5-7-9-25/h5-10,13-19,24,28-29,38H,11-12,20-22H2,1-4H3,(H,37,41)/t24-,28-,29+/m1/s1. The van der Waals surface area contributed by atoms with Gasteiger partial charge in [-0.1, -0.05) is 36.4 Å². The number of amides is 1. The largest absolute Gasteiger partial charge is 0.497 e. The molecule has 0 saturated carbocycles. The fourth-order valence-electron chi connectivity index (χ4n) is 6.37. The van der Waals surface area contributed by atoms with Crippen LogP contribution in [-0.2, 0) is 18.4 Å². The van der Waals surface area contributed by atoms with Crippen molar-refractivity contribution in [3.63, 3.8) is 0 Å². The molecule has 44 heavy (non-hydrogen) atoms. The fourth-order valence-corrected chi connectivity index (χ4v) is 6.37. The third-order valence-electron chi connectivity index (χ3n) is 8.85. The number of hydrogen-bond donors (Lipinski definition) is 2. The number of carbonyl (C=O) groups excluding carboxylic acids is 2. The number of hydrogen-bond acceptors (Lipinski definition) is 6. The molecule has 0 aliphatic carbocycles. The zero-order chi connectivity index (χ0) is 30.8. The van der Waals surface area contributed by atoms with E-state index in [0.29, 0.717) is 29.1 Å². The Bertz CT molecular complexity index is 1650. The van der Waals surface area contributed by atoms with Gasteiger partial charge in [0.15, 0.2) is 0 Å². The van der Waals surface area contributed by atoms with Gasteiger partial charge < -0.3 is 29.6 Å². The van der Waals surface area contributed by atoms with Gasteiger partial charge in [-0.2, -0.15) is 0 Å². The zero-order valence-corrected chi connectivity index (χ0v) is 25.8. The van der Waals surface area contributed by atoms with Gasteiger partial charge in [0.25, 0.3) is 5.91 Å². The minimum absolute atomic E-state index is 0.121. The van der Waals surface area contributed by atoms with Crippen LogP contribution >= 0.6 is 0 Å². The summed E-state index contributed by atoms with van der Waals surface area (Å²) in [6.45, 7) is 6.05. The summed E-state index contributed by atoms with van der Waals surface area (Å²) in [5.74, 6) is 0.108. The number of fused-ring (bicyclic) bond motifs is 2. The topological polar surface area (TPSA) is 84.8 Å². The maximum absolute atomic E-state index is 13.6. The lowest BCUT2D eigenvalue weighted by atomic mass is 9.98. The van der Waals surface area contributed by atoms with E-state index in [9.17, 15) is 9.59 Å². The number of aromatic nitrogens is 1. The molecule has 3 atom stereocenters. The summed E-state index contributed by atoms with van der Waals surface area (Å²) in [6.07, 6.45) is 4.26. The molecule has 2 N–H and O–H groups in total. The van der Waals surface area contributed by atoms with Crippen LogP contribution in [0.3, 0.4) is 0 Å². The molecule has 2 saturated heterocycles. The average Bonchev–Trinajstić information content (AvgIpc) is 3.60. The van der Waals surface area contributed by atoms with Crippen LogP contribution in [0.1, 0.15) is 63.3 Å². The number of esters is 1. The van der Waals surface area contributed by atoms with Gasteiger partial charge in [0.05, 0.1) is 13.2 Å². The average molecular weight is 593 g/mol. The third kappa shape index (κ3) is 6.21. The van der Waals surface area contributed by atoms with Crippen molar-refractivity contribution >= 4 is 17.6 Å². The van der Waals surface area contributed by atoms with Crippen LogP contribution in [0.2, 0.25) is 0 Å². The van der Waals surface area contributed by atoms with Gasteiger partial charge in [-0.05, 0) is 85.3 Å². The van der Waals surface area contributed by atoms with Crippen molar-refractivity contribution in [2.75, 3.05) is 25.1 Å². The number of carbonyl (C=O) groups is 2. The number of rotatable bonds is 9. The Morgan fingerprint density at radius 3 is 2.48 bits per heavy atom. The minimum Gasteiger partial charge on any atom is -0.497 e. The Morgan fingerprint density at radius 1 is 1.00 bits per heavy atom. The van der Waals surface area contributed by atoms with E-state index in [-0.39, 0.29) is 18.6 Å². The van der Waals surface area contributed by atoms with Crippen molar-refractivity contribution in [2.45, 2.75) is 51.4 Å². The molecule has 2 aliphatic rings. The normalized spacial score (nSPS) is 18.1. The molecule has 2 bridgehead atoms. The van der Waals surface area contributed by atoms with E-state index < -0.39 is 5.97 Å². The van der Waals surface area contributed by atoms with Crippen molar-refractivity contribution in [3.8, 4) is 16.9 Å². The highest BCUT2D eigenvalue weighted by molar-refractivity contribution is 5.97. The number of nitrogens with zero attached hydrogens (tertiary/aromatic N) is 2. The van der Waals surface area contributed by atoms with Gasteiger partial charge in [0, 0.05) is 55.2 Å². The van der Waals surface area contributed by atoms with E-state index in [1.807, 2.05) is 93.8 Å². The number of benzene rings is 3. The molecule has 4 aromatic rings. The SMILES string of the molecule is COc1cc(-c2ccn(C)c2C(=O)OCc2ccccc2)cc([C@@H](C)NC(=O)c2cc(N3C[C@H]4CC[C@@H](C3)N4)ccc2C)c1. The molecule has 3 aromatic carbocycles. The molecule has 2 aliphatic heterocycles. The molecule has 0 spiro atoms. The first-order valence-corrected chi connectivity index (χ1v) is 15.3. The molecular formula is C36H40N4O4. The second kappa shape index (κ2) is 12.6. The first-order chi connectivity index (χ1) is 21.3. The first-order valence-electron chi connectivity index (χ1n) is 15.3. The van der Waals surface area contributed by atoms with Crippen LogP contribution in [0.25, 0.3) is 11.1 Å². The number of ether oxygens (including phenoxy) is 2. The Morgan fingerprint density at radius 2 is 1.75 bits per heavy atom. The van der Waals surface area contributed by atoms with Crippen molar-refractivity contribution in [3.05, 3.63) is 107 Å². The predicted octanol–water partition coefficient (Wildman–Crippen LogP) is 5.80. The van der Waals surface area contributed by atoms with E-state index >= 15 is 0 Å². The van der Waals surface area contributed by atoms with E-state index in [1.165, 1.54) is 12.8 Å². The Hall–Kier alpha value is -4.56. The minimum atomic E-state index is -0.407. The lowest BCUT2D eigenvalue weighted by Crippen LogP contribution is -2.51. The highest BCUT2D eigenvalue weighted by atomic mass is 16.5. The van der Waals surface area contributed by atoms with Gasteiger partial charge in [-0.25, -0.2) is 4.79 Å². The summed E-state index contributed by atoms with van der Waals surface area (Å²) in [5.41, 5.74) is 6.48. The van der Waals surface area contributed by atoms with Gasteiger partial charge >= 0.3 is 5.97 Å². The van der Waals surface area contributed by atoms with Gasteiger partial charge in [-0.15, -0.1) is 0 Å². The Kier molecular flexibility index (Phi) is 8.44. The van der Waals surface area contributed by atoms with Crippen molar-refractivity contribution < 1.29 is 19.1 Å². The molecule has 8 heteroatoms. The summed E-state index contributed by atoms with van der Waals surface area (Å²) in [5, 5.41) is 6.88. The van der Waals surface area contributed by atoms with Crippen LogP contribution in [0.5, 0.6) is 5.75 Å². The van der Waals surface area contributed by atoms with Crippen LogP contribution in [-0.4, -0.2) is 48.7 Å². The second-order valence-electron chi connectivity index (χ2n) is 12.0. The first kappa shape index (κ1) is 29.5. The third-order valence-corrected chi connectivity index (χ3v) is 8.85. The predicted molar refractivity (Wildman–Crippen MR) is 172 cm³/mol. The number of aryl methyl sites for hydroxylation is 2. The van der Waals surface area contributed by atoms with Crippen LogP contribution < -0.4 is 20.3 Å². The number of piperazine rings is 1. The number of nitrogens with one attached hydrogen (secondary N) is 2. The summed E-state index contributed by atoms with van der Waals surface area (Å²) in [7, 11) is 3.44. The highest BCUT2D eigenvalue weighted by Crippen LogP contribution is 2.33. The smallest absolute Gasteiger partial charge is 0.355 e. The van der Waals surface area contributed by atoms with Gasteiger partial charge in [0.2, 0.25) is 0 Å². The fraction of sp³-hybridized carbons (Fsp3) is 0.333. The lowest BCUT2D eigenvalue weighted by molar-refractivity contribution is 0.0462. The number of methoxy groups -OCH3 is 1. The van der Waals surface area contributed by atoms with Crippen LogP contribution in [0, 0.1) is 6.92 Å². The lowest BCUT2D eigenvalue weighted by Gasteiger charge is -2.35. The summed E-state index contributed by atoms with van der Waals surface area (Å²) >= 11 is 0. The van der Waals surface area contributed by atoms with Crippen molar-refractivity contribution in [1.29, 1.82) is 0 Å². The molecule has 1 amide bonds. The molecule has 228 valence electrons. The second-order valence-corrected chi connectivity index (χ2v) is 12.0. The molecular weight excluding hydrogens is 552 g/mol. The maximum atomic E-state index is 13.6. The maximum Gasteiger partial charge on any atom is 0.355 e. The van der Waals surface area contributed by atoms with E-state index in [0.717, 1.165) is 46.6 Å². The zero-order valence-electron chi connectivity index (χ0n) is 25.8. The molecule has 1 aromatic heterocycles. The van der Waals surface area contributed by atoms with E-state index in [2.05, 4.69) is 21.6 Å². The monoisotopic (exact) mass is 592 g/mol. The van der Waals surface area contributed by atoms with E-state index in [4.69, 9.17) is 9.47 Å². The van der Waals surface area contributed by atoms with Crippen LogP contribution in [0.15, 0.2) is 79.0 Å². The highest BCUT2D eigenvalue weighted by Gasteiger charge is 2.32. The molecule has 0 unspecified atom stereocenters. The Balaban J connectivity index is 1.21. The van der Waals surface area contributed by atoms with Gasteiger partial charge in [-0.3, -0.25) is 4.79 Å². The number of anilines is 1. The van der Waals surface area contributed by atoms with Crippen LogP contribution in [0.4, 0.5) is 5.69 Å². The molecule has 3 heterocycles. The van der Waals surface area contributed by atoms with Crippen molar-refractivity contribution in [1.82, 2.24) is 15.2 Å². The molecule has 2 fully saturated rings.